The molecule has 0 radical (unpaired) electrons. The molecular weight excluding hydrogens is 268 g/mol. The van der Waals surface area contributed by atoms with Crippen molar-refractivity contribution in [3.8, 4) is 0 Å². The van der Waals surface area contributed by atoms with E-state index in [1.54, 1.807) is 0 Å². The highest BCUT2D eigenvalue weighted by Crippen LogP contribution is 2.17. The molecule has 0 atom stereocenters. The largest absolute Gasteiger partial charge is 0.342 e. The molecule has 108 valence electrons. The second-order valence-electron chi connectivity index (χ2n) is 5.74. The van der Waals surface area contributed by atoms with Crippen molar-refractivity contribution >= 4 is 21.8 Å². The van der Waals surface area contributed by atoms with Crippen LogP contribution in [0.1, 0.15) is 17.8 Å². The summed E-state index contributed by atoms with van der Waals surface area (Å²) in [4.78, 5) is 8.04. The van der Waals surface area contributed by atoms with Gasteiger partial charge in [-0.25, -0.2) is 4.98 Å². The number of hydrogen-bond donors (Lipinski definition) is 1. The zero-order valence-corrected chi connectivity index (χ0v) is 12.4. The minimum absolute atomic E-state index is 0.988. The monoisotopic (exact) mass is 286 g/mol. The first kappa shape index (κ1) is 13.1. The SMILES string of the molecule is c1ccc2cc(CCCc3nc4ccccc4[nH]3)ccc2c1. The number of nitrogens with zero attached hydrogens (tertiary/aromatic N) is 1. The van der Waals surface area contributed by atoms with E-state index >= 15 is 0 Å². The van der Waals surface area contributed by atoms with Gasteiger partial charge in [-0.05, 0) is 41.3 Å². The predicted molar refractivity (Wildman–Crippen MR) is 92.1 cm³/mol. The molecule has 2 nitrogen and oxygen atoms in total. The summed E-state index contributed by atoms with van der Waals surface area (Å²) in [5, 5.41) is 2.63. The van der Waals surface area contributed by atoms with Crippen LogP contribution < -0.4 is 0 Å². The van der Waals surface area contributed by atoms with Gasteiger partial charge in [0, 0.05) is 6.42 Å². The molecule has 0 amide bonds. The van der Waals surface area contributed by atoms with Gasteiger partial charge in [-0.15, -0.1) is 0 Å². The summed E-state index contributed by atoms with van der Waals surface area (Å²) in [6.07, 6.45) is 3.18. The fourth-order valence-corrected chi connectivity index (χ4v) is 2.98. The van der Waals surface area contributed by atoms with Crippen molar-refractivity contribution < 1.29 is 0 Å². The average molecular weight is 286 g/mol. The molecule has 0 aliphatic carbocycles. The molecule has 0 saturated carbocycles. The van der Waals surface area contributed by atoms with Crippen LogP contribution >= 0.6 is 0 Å². The summed E-state index contributed by atoms with van der Waals surface area (Å²) < 4.78 is 0. The van der Waals surface area contributed by atoms with Crippen LogP contribution in [-0.2, 0) is 12.8 Å². The van der Waals surface area contributed by atoms with Crippen LogP contribution in [-0.4, -0.2) is 9.97 Å². The van der Waals surface area contributed by atoms with Gasteiger partial charge in [-0.1, -0.05) is 54.6 Å². The first-order chi connectivity index (χ1) is 10.9. The Balaban J connectivity index is 1.45. The van der Waals surface area contributed by atoms with Crippen LogP contribution in [0, 0.1) is 0 Å². The lowest BCUT2D eigenvalue weighted by Crippen LogP contribution is -1.92. The van der Waals surface area contributed by atoms with Crippen molar-refractivity contribution in [3.63, 3.8) is 0 Å². The third-order valence-electron chi connectivity index (χ3n) is 4.13. The number of H-pyrrole nitrogens is 1. The second kappa shape index (κ2) is 5.64. The normalized spacial score (nSPS) is 11.3. The van der Waals surface area contributed by atoms with Gasteiger partial charge in [0.25, 0.3) is 0 Å². The molecule has 0 aliphatic heterocycles. The van der Waals surface area contributed by atoms with Gasteiger partial charge >= 0.3 is 0 Å². The minimum Gasteiger partial charge on any atom is -0.342 e. The number of benzene rings is 3. The summed E-state index contributed by atoms with van der Waals surface area (Å²) in [6, 6.07) is 23.5. The van der Waals surface area contributed by atoms with Crippen molar-refractivity contribution in [2.24, 2.45) is 0 Å². The predicted octanol–water partition coefficient (Wildman–Crippen LogP) is 4.89. The van der Waals surface area contributed by atoms with E-state index in [0.29, 0.717) is 0 Å². The first-order valence-corrected chi connectivity index (χ1v) is 7.80. The number of fused-ring (bicyclic) bond motifs is 2. The minimum atomic E-state index is 0.988. The lowest BCUT2D eigenvalue weighted by Gasteiger charge is -2.03. The Bertz CT molecular complexity index is 888. The quantitative estimate of drug-likeness (QED) is 0.568. The van der Waals surface area contributed by atoms with Crippen molar-refractivity contribution in [1.82, 2.24) is 9.97 Å². The number of nitrogens with one attached hydrogen (secondary N) is 1. The lowest BCUT2D eigenvalue weighted by atomic mass is 10.0. The second-order valence-corrected chi connectivity index (χ2v) is 5.74. The van der Waals surface area contributed by atoms with Crippen LogP contribution in [0.4, 0.5) is 0 Å². The summed E-state index contributed by atoms with van der Waals surface area (Å²) in [5.41, 5.74) is 3.58. The maximum absolute atomic E-state index is 4.64. The Hall–Kier alpha value is -2.61. The Morgan fingerprint density at radius 1 is 0.773 bits per heavy atom. The van der Waals surface area contributed by atoms with E-state index in [9.17, 15) is 0 Å². The molecule has 0 spiro atoms. The third kappa shape index (κ3) is 2.60. The molecule has 2 heteroatoms. The molecule has 0 unspecified atom stereocenters. The molecular formula is C20H18N2. The number of hydrogen-bond acceptors (Lipinski definition) is 1. The highest BCUT2D eigenvalue weighted by atomic mass is 14.9. The van der Waals surface area contributed by atoms with E-state index in [0.717, 1.165) is 36.1 Å². The van der Waals surface area contributed by atoms with Gasteiger partial charge in [-0.3, -0.25) is 0 Å². The first-order valence-electron chi connectivity index (χ1n) is 7.80. The Labute approximate surface area is 129 Å². The van der Waals surface area contributed by atoms with Crippen molar-refractivity contribution in [1.29, 1.82) is 0 Å². The molecule has 3 aromatic carbocycles. The topological polar surface area (TPSA) is 28.7 Å². The van der Waals surface area contributed by atoms with Crippen molar-refractivity contribution in [2.45, 2.75) is 19.3 Å². The van der Waals surface area contributed by atoms with E-state index < -0.39 is 0 Å². The van der Waals surface area contributed by atoms with Crippen LogP contribution in [0.5, 0.6) is 0 Å². The fourth-order valence-electron chi connectivity index (χ4n) is 2.98. The lowest BCUT2D eigenvalue weighted by molar-refractivity contribution is 0.786. The Kier molecular flexibility index (Phi) is 3.36. The van der Waals surface area contributed by atoms with Crippen molar-refractivity contribution in [2.75, 3.05) is 0 Å². The standard InChI is InChI=1S/C20H18N2/c1-2-8-17-14-15(12-13-16(17)7-1)6-5-11-20-21-18-9-3-4-10-19(18)22-20/h1-4,7-10,12-14H,5-6,11H2,(H,21,22). The van der Waals surface area contributed by atoms with Gasteiger partial charge in [0.15, 0.2) is 0 Å². The molecule has 1 aromatic heterocycles. The molecule has 4 rings (SSSR count). The van der Waals surface area contributed by atoms with E-state index in [2.05, 4.69) is 64.6 Å². The highest BCUT2D eigenvalue weighted by Gasteiger charge is 2.02. The molecule has 0 saturated heterocycles. The zero-order valence-electron chi connectivity index (χ0n) is 12.4. The van der Waals surface area contributed by atoms with Gasteiger partial charge in [0.1, 0.15) is 5.82 Å². The van der Waals surface area contributed by atoms with E-state index in [1.807, 2.05) is 12.1 Å². The molecule has 0 bridgehead atoms. The Morgan fingerprint density at radius 2 is 1.59 bits per heavy atom. The van der Waals surface area contributed by atoms with Crippen LogP contribution in [0.2, 0.25) is 0 Å². The molecule has 0 aliphatic rings. The van der Waals surface area contributed by atoms with E-state index in [-0.39, 0.29) is 0 Å². The number of imidazole rings is 1. The summed E-state index contributed by atoms with van der Waals surface area (Å²) >= 11 is 0. The van der Waals surface area contributed by atoms with Crippen LogP contribution in [0.15, 0.2) is 66.7 Å². The molecule has 4 aromatic rings. The molecule has 1 heterocycles. The maximum atomic E-state index is 4.64. The van der Waals surface area contributed by atoms with Gasteiger partial charge < -0.3 is 4.98 Å². The number of aryl methyl sites for hydroxylation is 2. The number of rotatable bonds is 4. The summed E-state index contributed by atoms with van der Waals surface area (Å²) in [6.45, 7) is 0. The summed E-state index contributed by atoms with van der Waals surface area (Å²) in [5.74, 6) is 1.09. The Morgan fingerprint density at radius 3 is 2.50 bits per heavy atom. The highest BCUT2D eigenvalue weighted by molar-refractivity contribution is 5.83. The average Bonchev–Trinajstić information content (AvgIpc) is 2.97. The van der Waals surface area contributed by atoms with Gasteiger partial charge in [-0.2, -0.15) is 0 Å². The zero-order chi connectivity index (χ0) is 14.8. The van der Waals surface area contributed by atoms with Gasteiger partial charge in [0.2, 0.25) is 0 Å². The number of aromatic amines is 1. The third-order valence-corrected chi connectivity index (χ3v) is 4.13. The maximum Gasteiger partial charge on any atom is 0.107 e. The molecule has 22 heavy (non-hydrogen) atoms. The molecule has 1 N–H and O–H groups in total. The van der Waals surface area contributed by atoms with Crippen molar-refractivity contribution in [3.05, 3.63) is 78.1 Å². The number of aromatic nitrogens is 2. The van der Waals surface area contributed by atoms with Gasteiger partial charge in [0.05, 0.1) is 11.0 Å². The summed E-state index contributed by atoms with van der Waals surface area (Å²) in [7, 11) is 0. The fraction of sp³-hybridized carbons (Fsp3) is 0.150. The smallest absolute Gasteiger partial charge is 0.107 e. The number of para-hydroxylation sites is 2. The van der Waals surface area contributed by atoms with E-state index in [1.165, 1.54) is 16.3 Å². The van der Waals surface area contributed by atoms with Crippen LogP contribution in [0.3, 0.4) is 0 Å². The van der Waals surface area contributed by atoms with E-state index in [4.69, 9.17) is 0 Å². The molecule has 0 fully saturated rings. The van der Waals surface area contributed by atoms with Crippen LogP contribution in [0.25, 0.3) is 21.8 Å².